The Hall–Kier alpha value is -1.10. The number of aliphatic hydroxyl groups is 1. The monoisotopic (exact) mass is 298 g/mol. The van der Waals surface area contributed by atoms with E-state index in [9.17, 15) is 14.7 Å². The van der Waals surface area contributed by atoms with E-state index >= 15 is 0 Å². The Labute approximate surface area is 127 Å². The molecule has 0 radical (unpaired) electrons. The minimum Gasteiger partial charge on any atom is -0.391 e. The van der Waals surface area contributed by atoms with Crippen LogP contribution in [0.5, 0.6) is 0 Å². The van der Waals surface area contributed by atoms with E-state index in [4.69, 9.17) is 0 Å². The van der Waals surface area contributed by atoms with Crippen molar-refractivity contribution >= 4 is 11.8 Å². The van der Waals surface area contributed by atoms with Gasteiger partial charge in [0.1, 0.15) is 0 Å². The molecule has 3 N–H and O–H groups in total. The number of carbonyl (C=O) groups excluding carboxylic acids is 2. The topological polar surface area (TPSA) is 78.4 Å². The van der Waals surface area contributed by atoms with Gasteiger partial charge in [-0.05, 0) is 17.8 Å². The van der Waals surface area contributed by atoms with Crippen LogP contribution in [0.15, 0.2) is 0 Å². The lowest BCUT2D eigenvalue weighted by Crippen LogP contribution is -2.43. The molecule has 0 aromatic heterocycles. The Morgan fingerprint density at radius 1 is 1.14 bits per heavy atom. The molecule has 5 heteroatoms. The number of carbonyl (C=O) groups is 2. The molecule has 0 heterocycles. The average molecular weight is 298 g/mol. The van der Waals surface area contributed by atoms with Crippen molar-refractivity contribution in [2.24, 2.45) is 11.3 Å². The van der Waals surface area contributed by atoms with Crippen molar-refractivity contribution < 1.29 is 14.7 Å². The van der Waals surface area contributed by atoms with Gasteiger partial charge in [-0.2, -0.15) is 0 Å². The van der Waals surface area contributed by atoms with Crippen LogP contribution in [0.4, 0.5) is 0 Å². The van der Waals surface area contributed by atoms with Gasteiger partial charge in [0.05, 0.1) is 12.6 Å². The third kappa shape index (κ3) is 7.46. The van der Waals surface area contributed by atoms with Gasteiger partial charge >= 0.3 is 0 Å². The Kier molecular flexibility index (Phi) is 7.15. The molecule has 122 valence electrons. The van der Waals surface area contributed by atoms with Crippen molar-refractivity contribution in [2.75, 3.05) is 13.1 Å². The zero-order chi connectivity index (χ0) is 15.9. The lowest BCUT2D eigenvalue weighted by molar-refractivity contribution is -0.126. The summed E-state index contributed by atoms with van der Waals surface area (Å²) in [7, 11) is 0. The van der Waals surface area contributed by atoms with Crippen LogP contribution < -0.4 is 10.6 Å². The Morgan fingerprint density at radius 3 is 2.33 bits per heavy atom. The molecule has 0 aromatic rings. The molecule has 1 unspecified atom stereocenters. The summed E-state index contributed by atoms with van der Waals surface area (Å²) < 4.78 is 0. The van der Waals surface area contributed by atoms with Gasteiger partial charge in [0, 0.05) is 13.0 Å². The maximum atomic E-state index is 11.7. The number of amides is 2. The zero-order valence-electron chi connectivity index (χ0n) is 13.6. The van der Waals surface area contributed by atoms with Gasteiger partial charge in [-0.25, -0.2) is 0 Å². The van der Waals surface area contributed by atoms with E-state index in [1.807, 2.05) is 20.8 Å². The summed E-state index contributed by atoms with van der Waals surface area (Å²) >= 11 is 0. The minimum absolute atomic E-state index is 0.0135. The van der Waals surface area contributed by atoms with Crippen LogP contribution in [0.3, 0.4) is 0 Å². The molecule has 1 aliphatic rings. The normalized spacial score (nSPS) is 17.5. The van der Waals surface area contributed by atoms with Gasteiger partial charge < -0.3 is 15.7 Å². The molecule has 0 bridgehead atoms. The second-order valence-electron chi connectivity index (χ2n) is 7.15. The number of nitrogens with one attached hydrogen (secondary N) is 2. The Morgan fingerprint density at radius 2 is 1.76 bits per heavy atom. The maximum absolute atomic E-state index is 11.7. The van der Waals surface area contributed by atoms with E-state index in [1.54, 1.807) is 0 Å². The maximum Gasteiger partial charge on any atom is 0.239 e. The summed E-state index contributed by atoms with van der Waals surface area (Å²) in [5.74, 6) is 0.368. The highest BCUT2D eigenvalue weighted by atomic mass is 16.3. The minimum atomic E-state index is -0.598. The van der Waals surface area contributed by atoms with Crippen LogP contribution >= 0.6 is 0 Å². The summed E-state index contributed by atoms with van der Waals surface area (Å²) in [5.41, 5.74) is -0.266. The summed E-state index contributed by atoms with van der Waals surface area (Å²) in [4.78, 5) is 23.3. The van der Waals surface area contributed by atoms with Crippen molar-refractivity contribution in [3.63, 3.8) is 0 Å². The molecule has 1 fully saturated rings. The van der Waals surface area contributed by atoms with E-state index in [0.717, 1.165) is 6.42 Å². The van der Waals surface area contributed by atoms with Crippen LogP contribution in [-0.2, 0) is 9.59 Å². The van der Waals surface area contributed by atoms with Crippen LogP contribution in [-0.4, -0.2) is 36.1 Å². The lowest BCUT2D eigenvalue weighted by atomic mass is 9.89. The van der Waals surface area contributed by atoms with Crippen molar-refractivity contribution in [1.82, 2.24) is 10.6 Å². The first-order valence-electron chi connectivity index (χ1n) is 8.00. The Bertz CT molecular complexity index is 344. The summed E-state index contributed by atoms with van der Waals surface area (Å²) in [5, 5.41) is 15.1. The summed E-state index contributed by atoms with van der Waals surface area (Å²) in [6.07, 6.45) is 5.87. The standard InChI is InChI=1S/C16H30N2O3/c1-16(2,3)13(19)10-17-15(21)11-18-14(20)9-8-12-6-4-5-7-12/h12-13,19H,4-11H2,1-3H3,(H,17,21)(H,18,20). The van der Waals surface area contributed by atoms with E-state index in [2.05, 4.69) is 10.6 Å². The van der Waals surface area contributed by atoms with Gasteiger partial charge in [0.15, 0.2) is 0 Å². The fourth-order valence-electron chi connectivity index (χ4n) is 2.48. The number of hydrogen-bond donors (Lipinski definition) is 3. The van der Waals surface area contributed by atoms with Gasteiger partial charge in [0.25, 0.3) is 0 Å². The average Bonchev–Trinajstić information content (AvgIpc) is 2.92. The van der Waals surface area contributed by atoms with Crippen molar-refractivity contribution in [1.29, 1.82) is 0 Å². The molecule has 1 atom stereocenters. The molecule has 1 saturated carbocycles. The number of rotatable bonds is 7. The molecule has 0 saturated heterocycles. The van der Waals surface area contributed by atoms with Gasteiger partial charge in [0.2, 0.25) is 11.8 Å². The molecular formula is C16H30N2O3. The zero-order valence-corrected chi connectivity index (χ0v) is 13.6. The van der Waals surface area contributed by atoms with Gasteiger partial charge in [-0.3, -0.25) is 9.59 Å². The highest BCUT2D eigenvalue weighted by Gasteiger charge is 2.22. The van der Waals surface area contributed by atoms with E-state index < -0.39 is 6.10 Å². The van der Waals surface area contributed by atoms with Crippen molar-refractivity contribution in [3.05, 3.63) is 0 Å². The summed E-state index contributed by atoms with van der Waals surface area (Å²) in [6, 6.07) is 0. The quantitative estimate of drug-likeness (QED) is 0.668. The van der Waals surface area contributed by atoms with Gasteiger partial charge in [-0.1, -0.05) is 46.5 Å². The van der Waals surface area contributed by atoms with E-state index in [0.29, 0.717) is 12.3 Å². The molecule has 2 amide bonds. The number of aliphatic hydroxyl groups excluding tert-OH is 1. The predicted octanol–water partition coefficient (Wildman–Crippen LogP) is 1.60. The molecule has 0 aromatic carbocycles. The largest absolute Gasteiger partial charge is 0.391 e. The summed E-state index contributed by atoms with van der Waals surface area (Å²) in [6.45, 7) is 5.93. The predicted molar refractivity (Wildman–Crippen MR) is 82.7 cm³/mol. The molecule has 1 aliphatic carbocycles. The van der Waals surface area contributed by atoms with Crippen molar-refractivity contribution in [2.45, 2.75) is 65.4 Å². The molecule has 0 spiro atoms. The second-order valence-corrected chi connectivity index (χ2v) is 7.15. The van der Waals surface area contributed by atoms with Crippen LogP contribution in [0.1, 0.15) is 59.3 Å². The van der Waals surface area contributed by atoms with Crippen LogP contribution in [0.2, 0.25) is 0 Å². The molecule has 21 heavy (non-hydrogen) atoms. The smallest absolute Gasteiger partial charge is 0.239 e. The van der Waals surface area contributed by atoms with Crippen molar-refractivity contribution in [3.8, 4) is 0 Å². The highest BCUT2D eigenvalue weighted by molar-refractivity contribution is 5.84. The molecule has 1 rings (SSSR count). The molecular weight excluding hydrogens is 268 g/mol. The first-order chi connectivity index (χ1) is 9.79. The Balaban J connectivity index is 2.10. The van der Waals surface area contributed by atoms with Crippen LogP contribution in [0.25, 0.3) is 0 Å². The van der Waals surface area contributed by atoms with Gasteiger partial charge in [-0.15, -0.1) is 0 Å². The SMILES string of the molecule is CC(C)(C)C(O)CNC(=O)CNC(=O)CCC1CCCC1. The fourth-order valence-corrected chi connectivity index (χ4v) is 2.48. The third-order valence-electron chi connectivity index (χ3n) is 4.19. The fraction of sp³-hybridized carbons (Fsp3) is 0.875. The molecule has 5 nitrogen and oxygen atoms in total. The van der Waals surface area contributed by atoms with E-state index in [1.165, 1.54) is 25.7 Å². The second kappa shape index (κ2) is 8.37. The van der Waals surface area contributed by atoms with E-state index in [-0.39, 0.29) is 30.3 Å². The number of hydrogen-bond acceptors (Lipinski definition) is 3. The molecule has 0 aliphatic heterocycles. The third-order valence-corrected chi connectivity index (χ3v) is 4.19. The van der Waals surface area contributed by atoms with Crippen LogP contribution in [0, 0.1) is 11.3 Å². The lowest BCUT2D eigenvalue weighted by Gasteiger charge is -2.25. The highest BCUT2D eigenvalue weighted by Crippen LogP contribution is 2.28. The first-order valence-corrected chi connectivity index (χ1v) is 8.00. The first kappa shape index (κ1) is 18.0.